The number of likely N-dealkylation sites (N-methyl/N-ethyl adjacent to an activating group) is 2. The Bertz CT molecular complexity index is 262. The van der Waals surface area contributed by atoms with Crippen molar-refractivity contribution in [3.05, 3.63) is 12.2 Å². The third-order valence-electron chi connectivity index (χ3n) is 4.55. The summed E-state index contributed by atoms with van der Waals surface area (Å²) in [6.07, 6.45) is 6.03. The van der Waals surface area contributed by atoms with E-state index in [1.54, 1.807) is 0 Å². The summed E-state index contributed by atoms with van der Waals surface area (Å²) in [7, 11) is 2.25. The van der Waals surface area contributed by atoms with E-state index in [4.69, 9.17) is 0 Å². The number of nitrogens with zero attached hydrogens (tertiary/aromatic N) is 1. The standard InChI is InChI=1S/C15H28N2/c1-4-16-9-12(2)10-17(3)11-15-8-13-5-6-14(15)7-13/h13-16H,2,4-11H2,1,3H3. The number of nitrogens with one attached hydrogen (secondary N) is 1. The van der Waals surface area contributed by atoms with E-state index in [1.165, 1.54) is 37.8 Å². The van der Waals surface area contributed by atoms with Crippen LogP contribution in [0.15, 0.2) is 12.2 Å². The summed E-state index contributed by atoms with van der Waals surface area (Å²) < 4.78 is 0. The van der Waals surface area contributed by atoms with Gasteiger partial charge in [-0.3, -0.25) is 0 Å². The van der Waals surface area contributed by atoms with Gasteiger partial charge < -0.3 is 10.2 Å². The van der Waals surface area contributed by atoms with Gasteiger partial charge in [-0.2, -0.15) is 0 Å². The zero-order chi connectivity index (χ0) is 12.3. The van der Waals surface area contributed by atoms with Gasteiger partial charge in [0.25, 0.3) is 0 Å². The summed E-state index contributed by atoms with van der Waals surface area (Å²) in [6, 6.07) is 0. The van der Waals surface area contributed by atoms with Crippen molar-refractivity contribution in [2.24, 2.45) is 17.8 Å². The first-order chi connectivity index (χ1) is 8.19. The number of hydrogen-bond donors (Lipinski definition) is 1. The topological polar surface area (TPSA) is 15.3 Å². The Morgan fingerprint density at radius 1 is 1.35 bits per heavy atom. The lowest BCUT2D eigenvalue weighted by Gasteiger charge is -2.27. The minimum absolute atomic E-state index is 0.970. The van der Waals surface area contributed by atoms with Crippen LogP contribution in [0.25, 0.3) is 0 Å². The maximum absolute atomic E-state index is 4.15. The Balaban J connectivity index is 1.67. The average molecular weight is 236 g/mol. The molecule has 3 atom stereocenters. The van der Waals surface area contributed by atoms with Crippen LogP contribution in [0, 0.1) is 17.8 Å². The third-order valence-corrected chi connectivity index (χ3v) is 4.55. The van der Waals surface area contributed by atoms with Crippen LogP contribution in [-0.2, 0) is 0 Å². The molecule has 17 heavy (non-hydrogen) atoms. The molecular weight excluding hydrogens is 208 g/mol. The van der Waals surface area contributed by atoms with Crippen molar-refractivity contribution in [3.63, 3.8) is 0 Å². The number of rotatable bonds is 7. The molecule has 2 heteroatoms. The molecule has 0 aliphatic heterocycles. The molecule has 2 saturated carbocycles. The number of hydrogen-bond acceptors (Lipinski definition) is 2. The molecule has 2 bridgehead atoms. The third kappa shape index (κ3) is 3.56. The molecule has 2 aliphatic rings. The van der Waals surface area contributed by atoms with E-state index in [9.17, 15) is 0 Å². The SMILES string of the molecule is C=C(CNCC)CN(C)CC1CC2CCC1C2. The summed E-state index contributed by atoms with van der Waals surface area (Å²) >= 11 is 0. The van der Waals surface area contributed by atoms with Crippen molar-refractivity contribution in [3.8, 4) is 0 Å². The lowest BCUT2D eigenvalue weighted by molar-refractivity contribution is 0.230. The highest BCUT2D eigenvalue weighted by molar-refractivity contribution is 5.00. The average Bonchev–Trinajstić information content (AvgIpc) is 2.87. The molecule has 2 fully saturated rings. The van der Waals surface area contributed by atoms with E-state index in [2.05, 4.69) is 30.8 Å². The highest BCUT2D eigenvalue weighted by Crippen LogP contribution is 2.48. The fourth-order valence-corrected chi connectivity index (χ4v) is 3.80. The Hall–Kier alpha value is -0.340. The normalized spacial score (nSPS) is 31.4. The summed E-state index contributed by atoms with van der Waals surface area (Å²) in [5.41, 5.74) is 1.32. The monoisotopic (exact) mass is 236 g/mol. The molecule has 98 valence electrons. The van der Waals surface area contributed by atoms with Gasteiger partial charge in [-0.25, -0.2) is 0 Å². The lowest BCUT2D eigenvalue weighted by atomic mass is 9.88. The molecule has 0 spiro atoms. The van der Waals surface area contributed by atoms with Crippen LogP contribution >= 0.6 is 0 Å². The predicted octanol–water partition coefficient (Wildman–Crippen LogP) is 2.52. The maximum Gasteiger partial charge on any atom is 0.0199 e. The molecule has 0 amide bonds. The van der Waals surface area contributed by atoms with E-state index in [0.29, 0.717) is 0 Å². The van der Waals surface area contributed by atoms with Gasteiger partial charge in [0.2, 0.25) is 0 Å². The van der Waals surface area contributed by atoms with Crippen molar-refractivity contribution in [2.45, 2.75) is 32.6 Å². The predicted molar refractivity (Wildman–Crippen MR) is 74.1 cm³/mol. The molecular formula is C15H28N2. The molecule has 0 heterocycles. The second kappa shape index (κ2) is 6.01. The van der Waals surface area contributed by atoms with Gasteiger partial charge >= 0.3 is 0 Å². The van der Waals surface area contributed by atoms with E-state index in [0.717, 1.165) is 37.4 Å². The summed E-state index contributed by atoms with van der Waals surface area (Å²) in [4.78, 5) is 2.48. The van der Waals surface area contributed by atoms with Gasteiger partial charge in [0.1, 0.15) is 0 Å². The van der Waals surface area contributed by atoms with Gasteiger partial charge in [-0.05, 0) is 56.2 Å². The van der Waals surface area contributed by atoms with Crippen LogP contribution in [0.4, 0.5) is 0 Å². The minimum Gasteiger partial charge on any atom is -0.313 e. The van der Waals surface area contributed by atoms with E-state index < -0.39 is 0 Å². The quantitative estimate of drug-likeness (QED) is 0.683. The Morgan fingerprint density at radius 2 is 2.18 bits per heavy atom. The van der Waals surface area contributed by atoms with E-state index in [1.807, 2.05) is 0 Å². The zero-order valence-corrected chi connectivity index (χ0v) is 11.5. The largest absolute Gasteiger partial charge is 0.313 e. The summed E-state index contributed by atoms with van der Waals surface area (Å²) in [5.74, 6) is 3.10. The number of fused-ring (bicyclic) bond motifs is 2. The van der Waals surface area contributed by atoms with Crippen molar-refractivity contribution in [1.29, 1.82) is 0 Å². The van der Waals surface area contributed by atoms with Gasteiger partial charge in [0.15, 0.2) is 0 Å². The van der Waals surface area contributed by atoms with Gasteiger partial charge in [0.05, 0.1) is 0 Å². The van der Waals surface area contributed by atoms with E-state index in [-0.39, 0.29) is 0 Å². The summed E-state index contributed by atoms with van der Waals surface area (Å²) in [6.45, 7) is 10.6. The first-order valence-corrected chi connectivity index (χ1v) is 7.25. The van der Waals surface area contributed by atoms with Crippen molar-refractivity contribution in [2.75, 3.05) is 33.2 Å². The van der Waals surface area contributed by atoms with Crippen LogP contribution in [0.2, 0.25) is 0 Å². The van der Waals surface area contributed by atoms with Crippen LogP contribution in [0.5, 0.6) is 0 Å². The second-order valence-corrected chi connectivity index (χ2v) is 6.16. The van der Waals surface area contributed by atoms with Crippen LogP contribution < -0.4 is 5.32 Å². The fourth-order valence-electron chi connectivity index (χ4n) is 3.80. The molecule has 3 unspecified atom stereocenters. The molecule has 0 aromatic heterocycles. The molecule has 2 aliphatic carbocycles. The molecule has 1 N–H and O–H groups in total. The Morgan fingerprint density at radius 3 is 2.76 bits per heavy atom. The highest BCUT2D eigenvalue weighted by atomic mass is 15.1. The van der Waals surface area contributed by atoms with E-state index >= 15 is 0 Å². The van der Waals surface area contributed by atoms with Crippen LogP contribution in [-0.4, -0.2) is 38.1 Å². The lowest BCUT2D eigenvalue weighted by Crippen LogP contribution is -2.32. The van der Waals surface area contributed by atoms with Crippen LogP contribution in [0.1, 0.15) is 32.6 Å². The van der Waals surface area contributed by atoms with Crippen molar-refractivity contribution >= 4 is 0 Å². The zero-order valence-electron chi connectivity index (χ0n) is 11.5. The fraction of sp³-hybridized carbons (Fsp3) is 0.867. The molecule has 0 radical (unpaired) electrons. The van der Waals surface area contributed by atoms with Gasteiger partial charge in [0, 0.05) is 19.6 Å². The molecule has 0 aromatic rings. The molecule has 0 aromatic carbocycles. The molecule has 2 rings (SSSR count). The smallest absolute Gasteiger partial charge is 0.0199 e. The molecule has 0 saturated heterocycles. The van der Waals surface area contributed by atoms with Crippen molar-refractivity contribution < 1.29 is 0 Å². The Kier molecular flexibility index (Phi) is 4.63. The van der Waals surface area contributed by atoms with Crippen molar-refractivity contribution in [1.82, 2.24) is 10.2 Å². The van der Waals surface area contributed by atoms with Gasteiger partial charge in [-0.1, -0.05) is 19.9 Å². The second-order valence-electron chi connectivity index (χ2n) is 6.16. The minimum atomic E-state index is 0.970. The van der Waals surface area contributed by atoms with Gasteiger partial charge in [-0.15, -0.1) is 0 Å². The first kappa shape index (κ1) is 13.1. The highest BCUT2D eigenvalue weighted by Gasteiger charge is 2.39. The first-order valence-electron chi connectivity index (χ1n) is 7.25. The Labute approximate surface area is 106 Å². The molecule has 2 nitrogen and oxygen atoms in total. The summed E-state index contributed by atoms with van der Waals surface area (Å²) in [5, 5.41) is 3.35. The maximum atomic E-state index is 4.15. The van der Waals surface area contributed by atoms with Crippen LogP contribution in [0.3, 0.4) is 0 Å².